The molecular weight excluding hydrogens is 350 g/mol. The van der Waals surface area contributed by atoms with Crippen molar-refractivity contribution in [1.29, 1.82) is 0 Å². The summed E-state index contributed by atoms with van der Waals surface area (Å²) in [6.45, 7) is 8.92. The SMILES string of the molecule is CCCN1C(=O)c2ccccc2[C@H]1Nc1cccc(C(=O)N[C@@H](C)C(C)C)c1. The van der Waals surface area contributed by atoms with Gasteiger partial charge in [0.2, 0.25) is 0 Å². The molecule has 2 amide bonds. The van der Waals surface area contributed by atoms with Crippen LogP contribution in [0.25, 0.3) is 0 Å². The van der Waals surface area contributed by atoms with E-state index in [-0.39, 0.29) is 24.0 Å². The zero-order valence-corrected chi connectivity index (χ0v) is 17.0. The molecule has 1 aliphatic rings. The van der Waals surface area contributed by atoms with Crippen molar-refractivity contribution in [3.05, 3.63) is 65.2 Å². The molecule has 2 atom stereocenters. The smallest absolute Gasteiger partial charge is 0.256 e. The van der Waals surface area contributed by atoms with E-state index in [2.05, 4.69) is 31.4 Å². The van der Waals surface area contributed by atoms with Crippen molar-refractivity contribution in [2.45, 2.75) is 46.3 Å². The van der Waals surface area contributed by atoms with E-state index in [1.165, 1.54) is 0 Å². The van der Waals surface area contributed by atoms with Crippen molar-refractivity contribution in [1.82, 2.24) is 10.2 Å². The predicted molar refractivity (Wildman–Crippen MR) is 112 cm³/mol. The molecule has 28 heavy (non-hydrogen) atoms. The first-order valence-corrected chi connectivity index (χ1v) is 9.99. The first kappa shape index (κ1) is 19.9. The summed E-state index contributed by atoms with van der Waals surface area (Å²) in [4.78, 5) is 27.2. The number of anilines is 1. The Hall–Kier alpha value is -2.82. The number of carbonyl (C=O) groups excluding carboxylic acids is 2. The van der Waals surface area contributed by atoms with Crippen molar-refractivity contribution < 1.29 is 9.59 Å². The molecule has 0 aromatic heterocycles. The molecule has 0 radical (unpaired) electrons. The van der Waals surface area contributed by atoms with Crippen molar-refractivity contribution in [3.8, 4) is 0 Å². The van der Waals surface area contributed by atoms with E-state index in [9.17, 15) is 9.59 Å². The van der Waals surface area contributed by atoms with Crippen LogP contribution in [0, 0.1) is 5.92 Å². The van der Waals surface area contributed by atoms with Crippen molar-refractivity contribution >= 4 is 17.5 Å². The molecule has 0 unspecified atom stereocenters. The van der Waals surface area contributed by atoms with Gasteiger partial charge in [0.1, 0.15) is 6.17 Å². The minimum absolute atomic E-state index is 0.0506. The van der Waals surface area contributed by atoms with Gasteiger partial charge in [-0.05, 0) is 43.5 Å². The van der Waals surface area contributed by atoms with E-state index in [1.807, 2.05) is 60.4 Å². The predicted octanol–water partition coefficient (Wildman–Crippen LogP) is 4.44. The molecule has 5 nitrogen and oxygen atoms in total. The number of amides is 2. The van der Waals surface area contributed by atoms with Crippen LogP contribution in [0.2, 0.25) is 0 Å². The third-order valence-corrected chi connectivity index (χ3v) is 5.31. The Morgan fingerprint density at radius 3 is 2.57 bits per heavy atom. The summed E-state index contributed by atoms with van der Waals surface area (Å²) in [7, 11) is 0. The van der Waals surface area contributed by atoms with Gasteiger partial charge in [0.25, 0.3) is 11.8 Å². The Morgan fingerprint density at radius 1 is 1.11 bits per heavy atom. The van der Waals surface area contributed by atoms with Crippen LogP contribution < -0.4 is 10.6 Å². The minimum atomic E-state index is -0.225. The van der Waals surface area contributed by atoms with Gasteiger partial charge in [0.15, 0.2) is 0 Å². The van der Waals surface area contributed by atoms with Gasteiger partial charge in [0, 0.05) is 35.0 Å². The van der Waals surface area contributed by atoms with E-state index in [0.717, 1.165) is 23.2 Å². The lowest BCUT2D eigenvalue weighted by molar-refractivity contribution is 0.0742. The van der Waals surface area contributed by atoms with Crippen LogP contribution in [0.15, 0.2) is 48.5 Å². The highest BCUT2D eigenvalue weighted by Crippen LogP contribution is 2.34. The number of nitrogens with zero attached hydrogens (tertiary/aromatic N) is 1. The fraction of sp³-hybridized carbons (Fsp3) is 0.391. The summed E-state index contributed by atoms with van der Waals surface area (Å²) < 4.78 is 0. The lowest BCUT2D eigenvalue weighted by Crippen LogP contribution is -2.36. The quantitative estimate of drug-likeness (QED) is 0.748. The normalized spacial score (nSPS) is 16.8. The molecular formula is C23H29N3O2. The molecule has 2 N–H and O–H groups in total. The van der Waals surface area contributed by atoms with Gasteiger partial charge in [-0.15, -0.1) is 0 Å². The summed E-state index contributed by atoms with van der Waals surface area (Å²) in [5.74, 6) is 0.335. The molecule has 1 aliphatic heterocycles. The summed E-state index contributed by atoms with van der Waals surface area (Å²) in [6, 6.07) is 15.3. The highest BCUT2D eigenvalue weighted by Gasteiger charge is 2.35. The van der Waals surface area contributed by atoms with Crippen molar-refractivity contribution in [3.63, 3.8) is 0 Å². The Bertz CT molecular complexity index is 862. The summed E-state index contributed by atoms with van der Waals surface area (Å²) in [5.41, 5.74) is 3.15. The number of benzene rings is 2. The number of nitrogens with one attached hydrogen (secondary N) is 2. The molecule has 148 valence electrons. The lowest BCUT2D eigenvalue weighted by atomic mass is 10.1. The molecule has 0 saturated carbocycles. The van der Waals surface area contributed by atoms with Gasteiger partial charge in [-0.3, -0.25) is 9.59 Å². The average molecular weight is 380 g/mol. The summed E-state index contributed by atoms with van der Waals surface area (Å²) in [6.07, 6.45) is 0.657. The monoisotopic (exact) mass is 379 g/mol. The van der Waals surface area contributed by atoms with Crippen molar-refractivity contribution in [2.75, 3.05) is 11.9 Å². The number of hydrogen-bond acceptors (Lipinski definition) is 3. The molecule has 0 saturated heterocycles. The van der Waals surface area contributed by atoms with Crippen LogP contribution >= 0.6 is 0 Å². The van der Waals surface area contributed by atoms with Crippen LogP contribution in [-0.2, 0) is 0 Å². The van der Waals surface area contributed by atoms with E-state index in [0.29, 0.717) is 18.0 Å². The van der Waals surface area contributed by atoms with E-state index >= 15 is 0 Å². The van der Waals surface area contributed by atoms with Gasteiger partial charge in [0.05, 0.1) is 0 Å². The Kier molecular flexibility index (Phi) is 6.02. The summed E-state index contributed by atoms with van der Waals surface area (Å²) >= 11 is 0. The average Bonchev–Trinajstić information content (AvgIpc) is 2.94. The largest absolute Gasteiger partial charge is 0.361 e. The number of hydrogen-bond donors (Lipinski definition) is 2. The highest BCUT2D eigenvalue weighted by molar-refractivity contribution is 5.99. The van der Waals surface area contributed by atoms with Crippen molar-refractivity contribution in [2.24, 2.45) is 5.92 Å². The van der Waals surface area contributed by atoms with Gasteiger partial charge in [-0.25, -0.2) is 0 Å². The third kappa shape index (κ3) is 4.03. The number of carbonyl (C=O) groups is 2. The topological polar surface area (TPSA) is 61.4 Å². The maximum Gasteiger partial charge on any atom is 0.256 e. The van der Waals surface area contributed by atoms with E-state index in [4.69, 9.17) is 0 Å². The molecule has 3 rings (SSSR count). The zero-order chi connectivity index (χ0) is 20.3. The second-order valence-electron chi connectivity index (χ2n) is 7.72. The van der Waals surface area contributed by atoms with Gasteiger partial charge in [-0.1, -0.05) is 45.0 Å². The first-order valence-electron chi connectivity index (χ1n) is 9.99. The molecule has 1 heterocycles. The molecule has 0 bridgehead atoms. The molecule has 2 aromatic rings. The fourth-order valence-electron chi connectivity index (χ4n) is 3.36. The molecule has 2 aromatic carbocycles. The van der Waals surface area contributed by atoms with E-state index < -0.39 is 0 Å². The maximum absolute atomic E-state index is 12.8. The molecule has 0 spiro atoms. The highest BCUT2D eigenvalue weighted by atomic mass is 16.2. The summed E-state index contributed by atoms with van der Waals surface area (Å²) in [5, 5.41) is 6.50. The van der Waals surface area contributed by atoms with Crippen LogP contribution in [-0.4, -0.2) is 29.3 Å². The van der Waals surface area contributed by atoms with Crippen LogP contribution in [0.5, 0.6) is 0 Å². The minimum Gasteiger partial charge on any atom is -0.361 e. The van der Waals surface area contributed by atoms with E-state index in [1.54, 1.807) is 0 Å². The van der Waals surface area contributed by atoms with Crippen LogP contribution in [0.3, 0.4) is 0 Å². The van der Waals surface area contributed by atoms with Gasteiger partial charge in [-0.2, -0.15) is 0 Å². The number of fused-ring (bicyclic) bond motifs is 1. The molecule has 5 heteroatoms. The van der Waals surface area contributed by atoms with Gasteiger partial charge < -0.3 is 15.5 Å². The molecule has 0 fully saturated rings. The van der Waals surface area contributed by atoms with Crippen LogP contribution in [0.4, 0.5) is 5.69 Å². The Morgan fingerprint density at radius 2 is 1.86 bits per heavy atom. The zero-order valence-electron chi connectivity index (χ0n) is 17.0. The van der Waals surface area contributed by atoms with Gasteiger partial charge >= 0.3 is 0 Å². The standard InChI is InChI=1S/C23H29N3O2/c1-5-13-26-21(19-11-6-7-12-20(19)23(26)28)25-18-10-8-9-17(14-18)22(27)24-16(4)15(2)3/h6-12,14-16,21,25H,5,13H2,1-4H3,(H,24,27)/t16-,21-/m0/s1. The Balaban J connectivity index is 1.83. The first-order chi connectivity index (χ1) is 13.4. The third-order valence-electron chi connectivity index (χ3n) is 5.31. The lowest BCUT2D eigenvalue weighted by Gasteiger charge is -2.27. The van der Waals surface area contributed by atoms with Crippen LogP contribution in [0.1, 0.15) is 66.6 Å². The second-order valence-corrected chi connectivity index (χ2v) is 7.72. The number of rotatable bonds is 7. The second kappa shape index (κ2) is 8.46. The Labute approximate surface area is 167 Å². The fourth-order valence-corrected chi connectivity index (χ4v) is 3.36. The maximum atomic E-state index is 12.8. The molecule has 0 aliphatic carbocycles.